The van der Waals surface area contributed by atoms with Crippen LogP contribution >= 0.6 is 15.9 Å². The number of pyridine rings is 2. The third-order valence-corrected chi connectivity index (χ3v) is 3.33. The standard InChI is InChI=1S/C12H7BrN4O2/c13-9-3-6(14)4-16-10(9)17-11(18)7-1-2-15-5-8(7)12(17)19/h1-5H,14H2. The molecule has 19 heavy (non-hydrogen) atoms. The van der Waals surface area contributed by atoms with E-state index < -0.39 is 11.8 Å². The predicted octanol–water partition coefficient (Wildman–Crippen LogP) is 1.62. The monoisotopic (exact) mass is 318 g/mol. The van der Waals surface area contributed by atoms with Crippen LogP contribution < -0.4 is 10.6 Å². The van der Waals surface area contributed by atoms with Gasteiger partial charge in [-0.3, -0.25) is 14.6 Å². The van der Waals surface area contributed by atoms with Crippen LogP contribution in [0.3, 0.4) is 0 Å². The summed E-state index contributed by atoms with van der Waals surface area (Å²) in [5, 5.41) is 0. The van der Waals surface area contributed by atoms with Crippen LogP contribution in [0, 0.1) is 0 Å². The van der Waals surface area contributed by atoms with E-state index in [1.54, 1.807) is 6.07 Å². The molecule has 0 atom stereocenters. The molecule has 0 spiro atoms. The maximum Gasteiger partial charge on any atom is 0.268 e. The van der Waals surface area contributed by atoms with Gasteiger partial charge in [0.2, 0.25) is 0 Å². The lowest BCUT2D eigenvalue weighted by Crippen LogP contribution is -2.30. The molecular weight excluding hydrogens is 312 g/mol. The van der Waals surface area contributed by atoms with E-state index in [4.69, 9.17) is 5.73 Å². The quantitative estimate of drug-likeness (QED) is 0.807. The molecule has 0 fully saturated rings. The second-order valence-corrected chi connectivity index (χ2v) is 4.80. The molecule has 0 saturated heterocycles. The van der Waals surface area contributed by atoms with Gasteiger partial charge in [-0.2, -0.15) is 0 Å². The fraction of sp³-hybridized carbons (Fsp3) is 0. The minimum atomic E-state index is -0.439. The number of rotatable bonds is 1. The minimum absolute atomic E-state index is 0.223. The van der Waals surface area contributed by atoms with Gasteiger partial charge in [0, 0.05) is 12.4 Å². The summed E-state index contributed by atoms with van der Waals surface area (Å²) >= 11 is 3.25. The van der Waals surface area contributed by atoms with Crippen LogP contribution in [0.2, 0.25) is 0 Å². The number of nitrogens with two attached hydrogens (primary N) is 1. The number of amides is 2. The zero-order valence-electron chi connectivity index (χ0n) is 9.50. The zero-order chi connectivity index (χ0) is 13.6. The molecule has 0 aliphatic carbocycles. The molecule has 7 heteroatoms. The van der Waals surface area contributed by atoms with E-state index in [0.29, 0.717) is 15.7 Å². The number of imide groups is 1. The minimum Gasteiger partial charge on any atom is -0.397 e. The van der Waals surface area contributed by atoms with Crippen LogP contribution in [-0.4, -0.2) is 21.8 Å². The molecule has 3 rings (SSSR count). The molecule has 6 nitrogen and oxygen atoms in total. The second kappa shape index (κ2) is 4.13. The number of fused-ring (bicyclic) bond motifs is 1. The normalized spacial score (nSPS) is 13.8. The number of nitrogen functional groups attached to an aromatic ring is 1. The number of aromatic nitrogens is 2. The molecule has 3 heterocycles. The van der Waals surface area contributed by atoms with E-state index in [2.05, 4.69) is 25.9 Å². The van der Waals surface area contributed by atoms with Gasteiger partial charge in [-0.05, 0) is 28.1 Å². The van der Waals surface area contributed by atoms with Crippen molar-refractivity contribution < 1.29 is 9.59 Å². The number of carbonyl (C=O) groups excluding carboxylic acids is 2. The molecule has 2 N–H and O–H groups in total. The molecule has 0 bridgehead atoms. The van der Waals surface area contributed by atoms with Gasteiger partial charge in [-0.25, -0.2) is 9.88 Å². The van der Waals surface area contributed by atoms with Crippen molar-refractivity contribution in [1.29, 1.82) is 0 Å². The summed E-state index contributed by atoms with van der Waals surface area (Å²) in [6, 6.07) is 3.10. The molecule has 1 aliphatic heterocycles. The second-order valence-electron chi connectivity index (χ2n) is 3.94. The van der Waals surface area contributed by atoms with Crippen molar-refractivity contribution in [2.24, 2.45) is 0 Å². The van der Waals surface area contributed by atoms with Gasteiger partial charge in [-0.1, -0.05) is 0 Å². The number of anilines is 2. The number of carbonyl (C=O) groups is 2. The SMILES string of the molecule is Nc1cnc(N2C(=O)c3ccncc3C2=O)c(Br)c1. The summed E-state index contributed by atoms with van der Waals surface area (Å²) in [6.07, 6.45) is 4.24. The molecule has 1 aliphatic rings. The first-order valence-electron chi connectivity index (χ1n) is 5.33. The van der Waals surface area contributed by atoms with E-state index in [1.165, 1.54) is 24.7 Å². The first kappa shape index (κ1) is 11.8. The Hall–Kier alpha value is -2.28. The van der Waals surface area contributed by atoms with Crippen LogP contribution in [-0.2, 0) is 0 Å². The summed E-state index contributed by atoms with van der Waals surface area (Å²) < 4.78 is 0.481. The summed E-state index contributed by atoms with van der Waals surface area (Å²) in [5.74, 6) is -0.633. The highest BCUT2D eigenvalue weighted by Gasteiger charge is 2.38. The molecule has 0 radical (unpaired) electrons. The Balaban J connectivity index is 2.14. The van der Waals surface area contributed by atoms with Crippen molar-refractivity contribution in [1.82, 2.24) is 9.97 Å². The number of hydrogen-bond donors (Lipinski definition) is 1. The van der Waals surface area contributed by atoms with Crippen molar-refractivity contribution in [3.63, 3.8) is 0 Å². The fourth-order valence-corrected chi connectivity index (χ4v) is 2.43. The van der Waals surface area contributed by atoms with Gasteiger partial charge in [0.1, 0.15) is 0 Å². The van der Waals surface area contributed by atoms with Gasteiger partial charge in [0.05, 0.1) is 27.5 Å². The summed E-state index contributed by atoms with van der Waals surface area (Å²) in [5.41, 5.74) is 6.63. The molecule has 2 amide bonds. The molecule has 0 saturated carbocycles. The molecular formula is C12H7BrN4O2. The average molecular weight is 319 g/mol. The first-order chi connectivity index (χ1) is 9.09. The van der Waals surface area contributed by atoms with Crippen molar-refractivity contribution in [3.8, 4) is 0 Å². The van der Waals surface area contributed by atoms with E-state index >= 15 is 0 Å². The predicted molar refractivity (Wildman–Crippen MR) is 71.7 cm³/mol. The van der Waals surface area contributed by atoms with Crippen LogP contribution in [0.15, 0.2) is 35.2 Å². The average Bonchev–Trinajstić information content (AvgIpc) is 2.64. The van der Waals surface area contributed by atoms with Gasteiger partial charge in [0.25, 0.3) is 11.8 Å². The number of nitrogens with zero attached hydrogens (tertiary/aromatic N) is 3. The van der Waals surface area contributed by atoms with E-state index in [0.717, 1.165) is 4.90 Å². The smallest absolute Gasteiger partial charge is 0.268 e. The van der Waals surface area contributed by atoms with Crippen LogP contribution in [0.5, 0.6) is 0 Å². The Labute approximate surface area is 116 Å². The van der Waals surface area contributed by atoms with Gasteiger partial charge < -0.3 is 5.73 Å². The third kappa shape index (κ3) is 1.70. The molecule has 0 unspecified atom stereocenters. The van der Waals surface area contributed by atoms with Gasteiger partial charge >= 0.3 is 0 Å². The Morgan fingerprint density at radius 3 is 2.58 bits per heavy atom. The summed E-state index contributed by atoms with van der Waals surface area (Å²) in [7, 11) is 0. The van der Waals surface area contributed by atoms with Crippen LogP contribution in [0.25, 0.3) is 0 Å². The number of halogens is 1. The summed E-state index contributed by atoms with van der Waals surface area (Å²) in [6.45, 7) is 0. The lowest BCUT2D eigenvalue weighted by atomic mass is 10.2. The molecule has 2 aromatic heterocycles. The highest BCUT2D eigenvalue weighted by atomic mass is 79.9. The lowest BCUT2D eigenvalue weighted by molar-refractivity contribution is 0.0925. The number of hydrogen-bond acceptors (Lipinski definition) is 5. The maximum absolute atomic E-state index is 12.2. The Bertz CT molecular complexity index is 682. The van der Waals surface area contributed by atoms with Crippen LogP contribution in [0.4, 0.5) is 11.5 Å². The molecule has 94 valence electrons. The van der Waals surface area contributed by atoms with Crippen molar-refractivity contribution >= 4 is 39.2 Å². The highest BCUT2D eigenvalue weighted by Crippen LogP contribution is 2.32. The lowest BCUT2D eigenvalue weighted by Gasteiger charge is -2.14. The Kier molecular flexibility index (Phi) is 2.56. The molecule has 0 aromatic carbocycles. The van der Waals surface area contributed by atoms with E-state index in [1.807, 2.05) is 0 Å². The van der Waals surface area contributed by atoms with E-state index in [-0.39, 0.29) is 11.4 Å². The van der Waals surface area contributed by atoms with Crippen molar-refractivity contribution in [3.05, 3.63) is 46.3 Å². The van der Waals surface area contributed by atoms with Crippen LogP contribution in [0.1, 0.15) is 20.7 Å². The topological polar surface area (TPSA) is 89.2 Å². The Morgan fingerprint density at radius 2 is 1.89 bits per heavy atom. The Morgan fingerprint density at radius 1 is 1.16 bits per heavy atom. The van der Waals surface area contributed by atoms with Crippen molar-refractivity contribution in [2.45, 2.75) is 0 Å². The van der Waals surface area contributed by atoms with E-state index in [9.17, 15) is 9.59 Å². The van der Waals surface area contributed by atoms with Gasteiger partial charge in [0.15, 0.2) is 5.82 Å². The first-order valence-corrected chi connectivity index (χ1v) is 6.12. The van der Waals surface area contributed by atoms with Crippen molar-refractivity contribution in [2.75, 3.05) is 10.6 Å². The van der Waals surface area contributed by atoms with Gasteiger partial charge in [-0.15, -0.1) is 0 Å². The maximum atomic E-state index is 12.2. The highest BCUT2D eigenvalue weighted by molar-refractivity contribution is 9.10. The largest absolute Gasteiger partial charge is 0.397 e. The zero-order valence-corrected chi connectivity index (χ0v) is 11.1. The summed E-state index contributed by atoms with van der Waals surface area (Å²) in [4.78, 5) is 33.3. The third-order valence-electron chi connectivity index (χ3n) is 2.74. The molecule has 2 aromatic rings. The fourth-order valence-electron chi connectivity index (χ4n) is 1.89.